The van der Waals surface area contributed by atoms with Crippen LogP contribution < -0.4 is 0 Å². The van der Waals surface area contributed by atoms with Gasteiger partial charge in [0.15, 0.2) is 0 Å². The van der Waals surface area contributed by atoms with E-state index in [-0.39, 0.29) is 5.91 Å². The molecule has 4 heteroatoms. The number of hydrogen-bond acceptors (Lipinski definition) is 3. The highest BCUT2D eigenvalue weighted by Crippen LogP contribution is 2.06. The highest BCUT2D eigenvalue weighted by Gasteiger charge is 2.21. The maximum Gasteiger partial charge on any atom is 0.252 e. The number of carbonyl (C=O) groups is 1. The van der Waals surface area contributed by atoms with Gasteiger partial charge in [-0.2, -0.15) is 11.8 Å². The summed E-state index contributed by atoms with van der Waals surface area (Å²) in [5.74, 6) is 0.345. The number of aliphatic hydroxyl groups excluding tert-OH is 1. The molecule has 0 spiro atoms. The summed E-state index contributed by atoms with van der Waals surface area (Å²) in [6.45, 7) is 1.38. The highest BCUT2D eigenvalue weighted by atomic mass is 32.2. The zero-order valence-electron chi connectivity index (χ0n) is 7.77. The van der Waals surface area contributed by atoms with Crippen molar-refractivity contribution in [3.05, 3.63) is 12.2 Å². The van der Waals surface area contributed by atoms with Crippen molar-refractivity contribution in [2.75, 3.05) is 25.1 Å². The van der Waals surface area contributed by atoms with Gasteiger partial charge in [0.1, 0.15) is 6.10 Å². The van der Waals surface area contributed by atoms with Crippen LogP contribution in [-0.2, 0) is 4.79 Å². The van der Waals surface area contributed by atoms with Crippen molar-refractivity contribution in [1.82, 2.24) is 4.90 Å². The Kier molecular flexibility index (Phi) is 4.32. The molecule has 0 bridgehead atoms. The summed E-state index contributed by atoms with van der Waals surface area (Å²) in [5, 5.41) is 9.43. The average Bonchev–Trinajstić information content (AvgIpc) is 2.18. The fourth-order valence-electron chi connectivity index (χ4n) is 1.28. The zero-order chi connectivity index (χ0) is 9.68. The Hall–Kier alpha value is -0.480. The van der Waals surface area contributed by atoms with E-state index in [0.29, 0.717) is 12.3 Å². The number of aliphatic hydroxyl groups is 1. The Morgan fingerprint density at radius 1 is 1.69 bits per heavy atom. The summed E-state index contributed by atoms with van der Waals surface area (Å²) in [6, 6.07) is 0. The molecule has 1 atom stereocenters. The van der Waals surface area contributed by atoms with Crippen molar-refractivity contribution in [3.63, 3.8) is 0 Å². The number of rotatable bonds is 3. The molecule has 74 valence electrons. The van der Waals surface area contributed by atoms with Crippen LogP contribution in [0.3, 0.4) is 0 Å². The average molecular weight is 201 g/mol. The quantitative estimate of drug-likeness (QED) is 0.676. The molecule has 1 heterocycles. The van der Waals surface area contributed by atoms with Gasteiger partial charge < -0.3 is 10.0 Å². The normalized spacial score (nSPS) is 18.8. The Balaban J connectivity index is 2.41. The molecule has 0 aromatic heterocycles. The molecule has 0 aromatic rings. The molecule has 1 aliphatic rings. The van der Waals surface area contributed by atoms with Gasteiger partial charge in [-0.3, -0.25) is 4.79 Å². The monoisotopic (exact) mass is 201 g/mol. The SMILES string of the molecule is CSC[C@H](O)C(=O)N1CC=CCC1. The number of nitrogens with zero attached hydrogens (tertiary/aromatic N) is 1. The molecule has 0 unspecified atom stereocenters. The molecule has 1 rings (SSSR count). The lowest BCUT2D eigenvalue weighted by Crippen LogP contribution is -2.41. The highest BCUT2D eigenvalue weighted by molar-refractivity contribution is 7.98. The van der Waals surface area contributed by atoms with Crippen LogP contribution in [0, 0.1) is 0 Å². The third kappa shape index (κ3) is 3.04. The second-order valence-corrected chi connectivity index (χ2v) is 3.93. The maximum absolute atomic E-state index is 11.5. The van der Waals surface area contributed by atoms with Crippen molar-refractivity contribution in [2.45, 2.75) is 12.5 Å². The summed E-state index contributed by atoms with van der Waals surface area (Å²) in [4.78, 5) is 13.2. The van der Waals surface area contributed by atoms with Crippen molar-refractivity contribution < 1.29 is 9.90 Å². The standard InChI is InChI=1S/C9H15NO2S/c1-13-7-8(11)9(12)10-5-3-2-4-6-10/h2-3,8,11H,4-7H2,1H3/t8-/m0/s1. The molecule has 0 fully saturated rings. The van der Waals surface area contributed by atoms with Crippen LogP contribution in [0.2, 0.25) is 0 Å². The summed E-state index contributed by atoms with van der Waals surface area (Å²) in [5.41, 5.74) is 0. The molecule has 0 saturated heterocycles. The Labute approximate surface area is 82.8 Å². The van der Waals surface area contributed by atoms with E-state index < -0.39 is 6.10 Å². The lowest BCUT2D eigenvalue weighted by Gasteiger charge is -2.25. The predicted molar refractivity (Wildman–Crippen MR) is 54.7 cm³/mol. The minimum atomic E-state index is -0.832. The molecule has 1 aliphatic heterocycles. The molecule has 13 heavy (non-hydrogen) atoms. The van der Waals surface area contributed by atoms with E-state index in [9.17, 15) is 9.90 Å². The van der Waals surface area contributed by atoms with Gasteiger partial charge in [-0.05, 0) is 12.7 Å². The Bertz CT molecular complexity index is 206. The van der Waals surface area contributed by atoms with Gasteiger partial charge in [-0.1, -0.05) is 12.2 Å². The maximum atomic E-state index is 11.5. The van der Waals surface area contributed by atoms with Crippen LogP contribution in [0.5, 0.6) is 0 Å². The number of carbonyl (C=O) groups excluding carboxylic acids is 1. The third-order valence-corrected chi connectivity index (χ3v) is 2.63. The molecule has 0 aliphatic carbocycles. The van der Waals surface area contributed by atoms with Gasteiger partial charge in [0, 0.05) is 18.8 Å². The number of hydrogen-bond donors (Lipinski definition) is 1. The van der Waals surface area contributed by atoms with Crippen molar-refractivity contribution >= 4 is 17.7 Å². The first-order valence-corrected chi connectivity index (χ1v) is 5.76. The summed E-state index contributed by atoms with van der Waals surface area (Å²) in [7, 11) is 0. The molecular formula is C9H15NO2S. The molecule has 1 N–H and O–H groups in total. The van der Waals surface area contributed by atoms with Gasteiger partial charge >= 0.3 is 0 Å². The van der Waals surface area contributed by atoms with Crippen molar-refractivity contribution in [1.29, 1.82) is 0 Å². The van der Waals surface area contributed by atoms with Gasteiger partial charge in [0.05, 0.1) is 0 Å². The fraction of sp³-hybridized carbons (Fsp3) is 0.667. The topological polar surface area (TPSA) is 40.5 Å². The number of amides is 1. The van der Waals surface area contributed by atoms with E-state index in [0.717, 1.165) is 13.0 Å². The third-order valence-electron chi connectivity index (χ3n) is 1.98. The molecule has 0 saturated carbocycles. The van der Waals surface area contributed by atoms with Crippen LogP contribution in [0.15, 0.2) is 12.2 Å². The lowest BCUT2D eigenvalue weighted by atomic mass is 10.2. The second-order valence-electron chi connectivity index (χ2n) is 3.02. The summed E-state index contributed by atoms with van der Waals surface area (Å²) < 4.78 is 0. The zero-order valence-corrected chi connectivity index (χ0v) is 8.59. The number of thioether (sulfide) groups is 1. The van der Waals surface area contributed by atoms with Crippen LogP contribution >= 0.6 is 11.8 Å². The predicted octanol–water partition coefficient (Wildman–Crippen LogP) is 0.499. The van der Waals surface area contributed by atoms with Gasteiger partial charge in [-0.25, -0.2) is 0 Å². The van der Waals surface area contributed by atoms with Crippen molar-refractivity contribution in [3.8, 4) is 0 Å². The first-order valence-electron chi connectivity index (χ1n) is 4.36. The van der Waals surface area contributed by atoms with Gasteiger partial charge in [-0.15, -0.1) is 0 Å². The van der Waals surface area contributed by atoms with Gasteiger partial charge in [0.25, 0.3) is 5.91 Å². The summed E-state index contributed by atoms with van der Waals surface area (Å²) in [6.07, 6.45) is 5.98. The fourth-order valence-corrected chi connectivity index (χ4v) is 1.74. The Morgan fingerprint density at radius 2 is 2.46 bits per heavy atom. The minimum absolute atomic E-state index is 0.140. The Morgan fingerprint density at radius 3 is 3.00 bits per heavy atom. The van der Waals surface area contributed by atoms with Gasteiger partial charge in [0.2, 0.25) is 0 Å². The molecular weight excluding hydrogens is 186 g/mol. The van der Waals surface area contributed by atoms with E-state index in [1.807, 2.05) is 12.3 Å². The van der Waals surface area contributed by atoms with E-state index >= 15 is 0 Å². The molecule has 3 nitrogen and oxygen atoms in total. The first kappa shape index (κ1) is 10.6. The lowest BCUT2D eigenvalue weighted by molar-refractivity contribution is -0.138. The van der Waals surface area contributed by atoms with Crippen molar-refractivity contribution in [2.24, 2.45) is 0 Å². The van der Waals surface area contributed by atoms with Crippen LogP contribution in [0.25, 0.3) is 0 Å². The van der Waals surface area contributed by atoms with E-state index in [1.165, 1.54) is 11.8 Å². The van der Waals surface area contributed by atoms with Crippen LogP contribution in [-0.4, -0.2) is 47.1 Å². The summed E-state index contributed by atoms with van der Waals surface area (Å²) >= 11 is 1.49. The van der Waals surface area contributed by atoms with Crippen LogP contribution in [0.1, 0.15) is 6.42 Å². The molecule has 0 aromatic carbocycles. The molecule has 0 radical (unpaired) electrons. The van der Waals surface area contributed by atoms with E-state index in [2.05, 4.69) is 6.08 Å². The van der Waals surface area contributed by atoms with E-state index in [4.69, 9.17) is 0 Å². The van der Waals surface area contributed by atoms with Crippen LogP contribution in [0.4, 0.5) is 0 Å². The first-order chi connectivity index (χ1) is 6.25. The molecule has 1 amide bonds. The smallest absolute Gasteiger partial charge is 0.252 e. The minimum Gasteiger partial charge on any atom is -0.382 e. The largest absolute Gasteiger partial charge is 0.382 e. The second kappa shape index (κ2) is 5.29. The van der Waals surface area contributed by atoms with E-state index in [1.54, 1.807) is 4.90 Å².